The number of carbonyl (C=O) groups is 1. The molecular formula is C20H16ClN3O2S. The van der Waals surface area contributed by atoms with Gasteiger partial charge in [-0.25, -0.2) is 4.68 Å². The Morgan fingerprint density at radius 1 is 1.15 bits per heavy atom. The quantitative estimate of drug-likeness (QED) is 0.678. The van der Waals surface area contributed by atoms with E-state index in [1.54, 1.807) is 22.9 Å². The summed E-state index contributed by atoms with van der Waals surface area (Å²) in [6, 6.07) is 16.8. The van der Waals surface area contributed by atoms with E-state index < -0.39 is 10.8 Å². The van der Waals surface area contributed by atoms with Gasteiger partial charge in [0.15, 0.2) is 0 Å². The first kappa shape index (κ1) is 17.7. The first-order valence-corrected chi connectivity index (χ1v) is 10.2. The van der Waals surface area contributed by atoms with Crippen molar-refractivity contribution in [3.05, 3.63) is 82.5 Å². The molecule has 1 amide bonds. The van der Waals surface area contributed by atoms with Crippen LogP contribution in [-0.2, 0) is 27.1 Å². The van der Waals surface area contributed by atoms with Crippen LogP contribution in [0.3, 0.4) is 0 Å². The molecule has 0 radical (unpaired) electrons. The molecule has 1 aliphatic rings. The molecule has 0 fully saturated rings. The fraction of sp³-hybridized carbons (Fsp3) is 0.100. The van der Waals surface area contributed by atoms with Gasteiger partial charge in [-0.2, -0.15) is 5.10 Å². The zero-order valence-corrected chi connectivity index (χ0v) is 15.8. The topological polar surface area (TPSA) is 64.0 Å². The van der Waals surface area contributed by atoms with E-state index in [2.05, 4.69) is 10.4 Å². The second-order valence-corrected chi connectivity index (χ2v) is 8.02. The van der Waals surface area contributed by atoms with Crippen molar-refractivity contribution >= 4 is 40.2 Å². The van der Waals surface area contributed by atoms with Gasteiger partial charge in [-0.05, 0) is 29.8 Å². The molecule has 1 aliphatic heterocycles. The van der Waals surface area contributed by atoms with Gasteiger partial charge in [0.1, 0.15) is 5.82 Å². The first-order valence-electron chi connectivity index (χ1n) is 8.36. The maximum Gasteiger partial charge on any atom is 0.249 e. The minimum atomic E-state index is -0.987. The van der Waals surface area contributed by atoms with E-state index in [4.69, 9.17) is 11.6 Å². The Morgan fingerprint density at radius 2 is 1.96 bits per heavy atom. The number of hydrogen-bond acceptors (Lipinski definition) is 3. The molecule has 1 aromatic heterocycles. The summed E-state index contributed by atoms with van der Waals surface area (Å²) >= 11 is 6.10. The smallest absolute Gasteiger partial charge is 0.249 e. The summed E-state index contributed by atoms with van der Waals surface area (Å²) in [5.41, 5.74) is 3.23. The third-order valence-corrected chi connectivity index (χ3v) is 5.63. The molecule has 5 nitrogen and oxygen atoms in total. The molecule has 0 saturated heterocycles. The second-order valence-electron chi connectivity index (χ2n) is 6.13. The lowest BCUT2D eigenvalue weighted by Gasteiger charge is -2.10. The summed E-state index contributed by atoms with van der Waals surface area (Å²) in [6.45, 7) is 0. The van der Waals surface area contributed by atoms with E-state index >= 15 is 0 Å². The van der Waals surface area contributed by atoms with Gasteiger partial charge in [0.05, 0.1) is 22.9 Å². The predicted octanol–water partition coefficient (Wildman–Crippen LogP) is 3.94. The molecule has 0 spiro atoms. The molecule has 27 heavy (non-hydrogen) atoms. The summed E-state index contributed by atoms with van der Waals surface area (Å²) in [5, 5.41) is 8.02. The van der Waals surface area contributed by atoms with Crippen molar-refractivity contribution in [3.8, 4) is 5.69 Å². The van der Waals surface area contributed by atoms with E-state index in [0.717, 1.165) is 22.5 Å². The average Bonchev–Trinajstić information content (AvgIpc) is 3.18. The highest BCUT2D eigenvalue weighted by Gasteiger charge is 2.28. The zero-order chi connectivity index (χ0) is 18.8. The molecule has 4 rings (SSSR count). The van der Waals surface area contributed by atoms with E-state index in [0.29, 0.717) is 22.3 Å². The summed E-state index contributed by atoms with van der Waals surface area (Å²) < 4.78 is 13.6. The van der Waals surface area contributed by atoms with Crippen LogP contribution < -0.4 is 5.32 Å². The standard InChI is InChI=1S/C20H16ClN3O2S/c21-15-7-4-8-16(11-15)24-20(17-12-27(26)13-18(17)23-24)22-19(25)10-9-14-5-2-1-3-6-14/h1-11H,12-13H2,(H,22,25)/t27-/m1/s1. The van der Waals surface area contributed by atoms with Crippen LogP contribution in [0.1, 0.15) is 16.8 Å². The van der Waals surface area contributed by atoms with Crippen molar-refractivity contribution in [2.75, 3.05) is 5.32 Å². The molecule has 0 unspecified atom stereocenters. The molecule has 136 valence electrons. The highest BCUT2D eigenvalue weighted by atomic mass is 35.5. The van der Waals surface area contributed by atoms with E-state index in [1.807, 2.05) is 42.5 Å². The first-order chi connectivity index (χ1) is 13.1. The number of nitrogens with one attached hydrogen (secondary N) is 1. The Morgan fingerprint density at radius 3 is 2.74 bits per heavy atom. The Hall–Kier alpha value is -2.70. The summed E-state index contributed by atoms with van der Waals surface area (Å²) in [4.78, 5) is 12.5. The molecule has 2 heterocycles. The van der Waals surface area contributed by atoms with Gasteiger partial charge >= 0.3 is 0 Å². The van der Waals surface area contributed by atoms with Crippen LogP contribution in [0.4, 0.5) is 5.82 Å². The van der Waals surface area contributed by atoms with Crippen LogP contribution in [0.5, 0.6) is 0 Å². The van der Waals surface area contributed by atoms with Crippen molar-refractivity contribution < 1.29 is 9.00 Å². The third kappa shape index (κ3) is 3.86. The number of hydrogen-bond donors (Lipinski definition) is 1. The number of anilines is 1. The van der Waals surface area contributed by atoms with Gasteiger partial charge in [-0.1, -0.05) is 48.0 Å². The number of aromatic nitrogens is 2. The predicted molar refractivity (Wildman–Crippen MR) is 108 cm³/mol. The van der Waals surface area contributed by atoms with Gasteiger partial charge in [0.25, 0.3) is 0 Å². The minimum Gasteiger partial charge on any atom is -0.307 e. The number of rotatable bonds is 4. The lowest BCUT2D eigenvalue weighted by Crippen LogP contribution is -2.14. The summed E-state index contributed by atoms with van der Waals surface area (Å²) in [6.07, 6.45) is 3.22. The van der Waals surface area contributed by atoms with Crippen LogP contribution in [0.15, 0.2) is 60.7 Å². The molecule has 0 bridgehead atoms. The highest BCUT2D eigenvalue weighted by Crippen LogP contribution is 2.31. The number of amides is 1. The number of fused-ring (bicyclic) bond motifs is 1. The van der Waals surface area contributed by atoms with E-state index in [1.165, 1.54) is 6.08 Å². The van der Waals surface area contributed by atoms with Crippen LogP contribution in [-0.4, -0.2) is 19.9 Å². The van der Waals surface area contributed by atoms with Gasteiger partial charge in [-0.15, -0.1) is 0 Å². The van der Waals surface area contributed by atoms with Crippen molar-refractivity contribution in [3.63, 3.8) is 0 Å². The molecule has 2 aromatic carbocycles. The van der Waals surface area contributed by atoms with Crippen molar-refractivity contribution in [1.29, 1.82) is 0 Å². The molecule has 1 N–H and O–H groups in total. The number of nitrogens with zero attached hydrogens (tertiary/aromatic N) is 2. The zero-order valence-electron chi connectivity index (χ0n) is 14.3. The van der Waals surface area contributed by atoms with Crippen LogP contribution in [0.25, 0.3) is 11.8 Å². The largest absolute Gasteiger partial charge is 0.307 e. The average molecular weight is 398 g/mol. The van der Waals surface area contributed by atoms with Gasteiger partial charge in [0, 0.05) is 27.5 Å². The SMILES string of the molecule is O=C(C=Cc1ccccc1)Nc1c2c(nn1-c1cccc(Cl)c1)C[S@](=O)C2. The van der Waals surface area contributed by atoms with Crippen molar-refractivity contribution in [2.45, 2.75) is 11.5 Å². The summed E-state index contributed by atoms with van der Waals surface area (Å²) in [7, 11) is -0.987. The molecule has 0 saturated carbocycles. The molecule has 1 atom stereocenters. The highest BCUT2D eigenvalue weighted by molar-refractivity contribution is 7.83. The van der Waals surface area contributed by atoms with Crippen LogP contribution >= 0.6 is 11.6 Å². The Bertz CT molecular complexity index is 1060. The maximum absolute atomic E-state index is 12.5. The molecule has 0 aliphatic carbocycles. The van der Waals surface area contributed by atoms with Crippen LogP contribution in [0, 0.1) is 0 Å². The van der Waals surface area contributed by atoms with Crippen molar-refractivity contribution in [2.24, 2.45) is 0 Å². The fourth-order valence-corrected chi connectivity index (χ4v) is 4.39. The Labute approximate surface area is 164 Å². The van der Waals surface area contributed by atoms with Gasteiger partial charge < -0.3 is 5.32 Å². The lowest BCUT2D eigenvalue weighted by molar-refractivity contribution is -0.111. The number of halogens is 1. The third-order valence-electron chi connectivity index (χ3n) is 4.19. The number of benzene rings is 2. The van der Waals surface area contributed by atoms with E-state index in [-0.39, 0.29) is 5.91 Å². The van der Waals surface area contributed by atoms with Crippen LogP contribution in [0.2, 0.25) is 5.02 Å². The minimum absolute atomic E-state index is 0.275. The van der Waals surface area contributed by atoms with E-state index in [9.17, 15) is 9.00 Å². The van der Waals surface area contributed by atoms with Gasteiger partial charge in [-0.3, -0.25) is 9.00 Å². The van der Waals surface area contributed by atoms with Crippen molar-refractivity contribution in [1.82, 2.24) is 9.78 Å². The lowest BCUT2D eigenvalue weighted by atomic mass is 10.2. The Balaban J connectivity index is 1.66. The maximum atomic E-state index is 12.5. The fourth-order valence-electron chi connectivity index (χ4n) is 2.95. The molecule has 3 aromatic rings. The monoisotopic (exact) mass is 397 g/mol. The normalized spacial score (nSPS) is 15.8. The molecule has 7 heteroatoms. The second kappa shape index (κ2) is 7.50. The molecular weight excluding hydrogens is 382 g/mol. The Kier molecular flexibility index (Phi) is 4.92. The van der Waals surface area contributed by atoms with Gasteiger partial charge in [0.2, 0.25) is 5.91 Å². The summed E-state index contributed by atoms with van der Waals surface area (Å²) in [5.74, 6) is 1.04. The number of carbonyl (C=O) groups excluding carboxylic acids is 1.